The molecule has 1 aliphatic rings. The van der Waals surface area contributed by atoms with Crippen LogP contribution in [0.2, 0.25) is 0 Å². The number of aldehydes is 1. The number of hydrogen-bond donors (Lipinski definition) is 3. The van der Waals surface area contributed by atoms with Crippen LogP contribution in [0.4, 0.5) is 0 Å². The zero-order valence-electron chi connectivity index (χ0n) is 15.5. The Morgan fingerprint density at radius 2 is 2.04 bits per heavy atom. The van der Waals surface area contributed by atoms with Gasteiger partial charge in [0.25, 0.3) is 0 Å². The Morgan fingerprint density at radius 1 is 1.38 bits per heavy atom. The van der Waals surface area contributed by atoms with Crippen molar-refractivity contribution in [3.8, 4) is 0 Å². The predicted octanol–water partition coefficient (Wildman–Crippen LogP) is 0.0311. The maximum absolute atomic E-state index is 10.7. The third-order valence-electron chi connectivity index (χ3n) is 4.07. The molecule has 0 saturated carbocycles. The van der Waals surface area contributed by atoms with Crippen LogP contribution in [0.5, 0.6) is 0 Å². The molecule has 0 unspecified atom stereocenters. The van der Waals surface area contributed by atoms with Crippen molar-refractivity contribution < 1.29 is 9.90 Å². The Labute approximate surface area is 145 Å². The van der Waals surface area contributed by atoms with Crippen molar-refractivity contribution in [1.82, 2.24) is 20.4 Å². The van der Waals surface area contributed by atoms with Crippen molar-refractivity contribution in [3.05, 3.63) is 11.9 Å². The van der Waals surface area contributed by atoms with Crippen LogP contribution in [0.15, 0.2) is 16.9 Å². The molecule has 1 aliphatic heterocycles. The monoisotopic (exact) mass is 339 g/mol. The molecular formula is C17H33N5O2. The average molecular weight is 339 g/mol. The summed E-state index contributed by atoms with van der Waals surface area (Å²) in [7, 11) is 3.96. The van der Waals surface area contributed by atoms with E-state index in [1.807, 2.05) is 11.9 Å². The molecule has 1 saturated heterocycles. The Bertz CT molecular complexity index is 429. The topological polar surface area (TPSA) is 80.2 Å². The number of likely N-dealkylation sites (tertiary alicyclic amines) is 1. The molecule has 1 fully saturated rings. The van der Waals surface area contributed by atoms with Crippen molar-refractivity contribution >= 4 is 12.6 Å². The normalized spacial score (nSPS) is 19.0. The van der Waals surface area contributed by atoms with E-state index in [0.717, 1.165) is 38.8 Å². The number of carbonyl (C=O) groups is 1. The lowest BCUT2D eigenvalue weighted by Gasteiger charge is -2.38. The van der Waals surface area contributed by atoms with Crippen molar-refractivity contribution in [2.24, 2.45) is 4.99 Å². The van der Waals surface area contributed by atoms with Gasteiger partial charge in [0.2, 0.25) is 0 Å². The van der Waals surface area contributed by atoms with E-state index < -0.39 is 5.60 Å². The SMILES string of the molecule is CC(C)NCCNC(=C/C=O)/N=C\N(C)CC1(O)CCN(C)CC1. The molecule has 0 aromatic carbocycles. The first-order chi connectivity index (χ1) is 11.3. The number of carbonyl (C=O) groups excluding carboxylic acids is 1. The van der Waals surface area contributed by atoms with Gasteiger partial charge in [0, 0.05) is 51.9 Å². The summed E-state index contributed by atoms with van der Waals surface area (Å²) in [5, 5.41) is 17.0. The molecule has 0 aromatic rings. The van der Waals surface area contributed by atoms with Crippen LogP contribution in [0.1, 0.15) is 26.7 Å². The van der Waals surface area contributed by atoms with Crippen LogP contribution < -0.4 is 10.6 Å². The number of aliphatic imine (C=N–C) groups is 1. The van der Waals surface area contributed by atoms with E-state index in [1.165, 1.54) is 6.08 Å². The second-order valence-corrected chi connectivity index (χ2v) is 6.91. The molecule has 0 aliphatic carbocycles. The fourth-order valence-electron chi connectivity index (χ4n) is 2.62. The zero-order chi connectivity index (χ0) is 18.0. The molecule has 0 bridgehead atoms. The Hall–Kier alpha value is -1.44. The first-order valence-corrected chi connectivity index (χ1v) is 8.63. The van der Waals surface area contributed by atoms with Crippen LogP contribution in [-0.4, -0.2) is 86.0 Å². The summed E-state index contributed by atoms with van der Waals surface area (Å²) >= 11 is 0. The van der Waals surface area contributed by atoms with E-state index in [9.17, 15) is 9.90 Å². The van der Waals surface area contributed by atoms with Crippen LogP contribution in [0.3, 0.4) is 0 Å². The highest BCUT2D eigenvalue weighted by Crippen LogP contribution is 2.21. The van der Waals surface area contributed by atoms with E-state index in [1.54, 1.807) is 6.34 Å². The maximum atomic E-state index is 10.7. The lowest BCUT2D eigenvalue weighted by molar-refractivity contribution is -0.104. The van der Waals surface area contributed by atoms with Gasteiger partial charge in [-0.05, 0) is 19.9 Å². The summed E-state index contributed by atoms with van der Waals surface area (Å²) in [5.41, 5.74) is -0.670. The van der Waals surface area contributed by atoms with Crippen LogP contribution >= 0.6 is 0 Å². The molecule has 1 heterocycles. The number of nitrogens with one attached hydrogen (secondary N) is 2. The minimum absolute atomic E-state index is 0.426. The van der Waals surface area contributed by atoms with Crippen LogP contribution in [-0.2, 0) is 4.79 Å². The summed E-state index contributed by atoms with van der Waals surface area (Å²) in [6.45, 7) is 8.01. The molecule has 0 amide bonds. The number of aliphatic hydroxyl groups is 1. The highest BCUT2D eigenvalue weighted by Gasteiger charge is 2.31. The van der Waals surface area contributed by atoms with E-state index in [4.69, 9.17) is 0 Å². The molecule has 138 valence electrons. The van der Waals surface area contributed by atoms with Gasteiger partial charge in [-0.2, -0.15) is 0 Å². The smallest absolute Gasteiger partial charge is 0.146 e. The highest BCUT2D eigenvalue weighted by atomic mass is 16.3. The molecule has 0 radical (unpaired) electrons. The quantitative estimate of drug-likeness (QED) is 0.171. The number of rotatable bonds is 10. The molecule has 7 heteroatoms. The first kappa shape index (κ1) is 20.6. The molecule has 0 aromatic heterocycles. The van der Waals surface area contributed by atoms with Gasteiger partial charge in [0.05, 0.1) is 11.9 Å². The van der Waals surface area contributed by atoms with Gasteiger partial charge >= 0.3 is 0 Å². The first-order valence-electron chi connectivity index (χ1n) is 8.63. The highest BCUT2D eigenvalue weighted by molar-refractivity contribution is 5.67. The van der Waals surface area contributed by atoms with E-state index in [-0.39, 0.29) is 0 Å². The predicted molar refractivity (Wildman–Crippen MR) is 98.1 cm³/mol. The maximum Gasteiger partial charge on any atom is 0.146 e. The van der Waals surface area contributed by atoms with Crippen molar-refractivity contribution in [3.63, 3.8) is 0 Å². The third-order valence-corrected chi connectivity index (χ3v) is 4.07. The van der Waals surface area contributed by atoms with Gasteiger partial charge in [0.15, 0.2) is 0 Å². The summed E-state index contributed by atoms with van der Waals surface area (Å²) in [4.78, 5) is 19.1. The number of piperidine rings is 1. The minimum atomic E-state index is -0.670. The molecule has 24 heavy (non-hydrogen) atoms. The second kappa shape index (κ2) is 10.4. The Balaban J connectivity index is 2.44. The zero-order valence-corrected chi connectivity index (χ0v) is 15.5. The summed E-state index contributed by atoms with van der Waals surface area (Å²) in [6.07, 6.45) is 5.31. The number of likely N-dealkylation sites (N-methyl/N-ethyl adjacent to an activating group) is 1. The molecular weight excluding hydrogens is 306 g/mol. The van der Waals surface area contributed by atoms with Gasteiger partial charge in [0.1, 0.15) is 12.1 Å². The number of hydrogen-bond acceptors (Lipinski definition) is 6. The molecule has 1 rings (SSSR count). The largest absolute Gasteiger partial charge is 0.388 e. The summed E-state index contributed by atoms with van der Waals surface area (Å²) in [6, 6.07) is 0.426. The minimum Gasteiger partial charge on any atom is -0.388 e. The lowest BCUT2D eigenvalue weighted by Crippen LogP contribution is -2.49. The Morgan fingerprint density at radius 3 is 2.62 bits per heavy atom. The van der Waals surface area contributed by atoms with Gasteiger partial charge in [-0.3, -0.25) is 4.79 Å². The van der Waals surface area contributed by atoms with E-state index >= 15 is 0 Å². The van der Waals surface area contributed by atoms with Crippen LogP contribution in [0.25, 0.3) is 0 Å². The van der Waals surface area contributed by atoms with E-state index in [2.05, 4.69) is 41.4 Å². The van der Waals surface area contributed by atoms with Gasteiger partial charge in [-0.25, -0.2) is 4.99 Å². The van der Waals surface area contributed by atoms with Crippen LogP contribution in [0, 0.1) is 0 Å². The molecule has 7 nitrogen and oxygen atoms in total. The van der Waals surface area contributed by atoms with Gasteiger partial charge in [-0.1, -0.05) is 13.8 Å². The molecule has 0 atom stereocenters. The Kier molecular flexibility index (Phi) is 8.95. The average Bonchev–Trinajstić information content (AvgIpc) is 2.52. The fraction of sp³-hybridized carbons (Fsp3) is 0.765. The summed E-state index contributed by atoms with van der Waals surface area (Å²) < 4.78 is 0. The van der Waals surface area contributed by atoms with Crippen molar-refractivity contribution in [1.29, 1.82) is 0 Å². The van der Waals surface area contributed by atoms with Crippen molar-refractivity contribution in [2.75, 3.05) is 46.8 Å². The van der Waals surface area contributed by atoms with Gasteiger partial charge in [-0.15, -0.1) is 0 Å². The molecule has 0 spiro atoms. The number of nitrogens with zero attached hydrogens (tertiary/aromatic N) is 3. The number of allylic oxidation sites excluding steroid dienone is 1. The van der Waals surface area contributed by atoms with E-state index in [0.29, 0.717) is 25.0 Å². The third kappa shape index (κ3) is 8.42. The van der Waals surface area contributed by atoms with Gasteiger partial charge < -0.3 is 25.5 Å². The standard InChI is InChI=1S/C17H33N5O2/c1-15(2)18-8-9-19-16(5-12-23)20-14-22(4)13-17(24)6-10-21(3)11-7-17/h5,12,14-15,18-19,24H,6-11,13H2,1-4H3/b16-5-,20-14-. The second-order valence-electron chi connectivity index (χ2n) is 6.91. The lowest BCUT2D eigenvalue weighted by atomic mass is 9.91. The van der Waals surface area contributed by atoms with Crippen molar-refractivity contribution in [2.45, 2.75) is 38.3 Å². The molecule has 3 N–H and O–H groups in total. The fourth-order valence-corrected chi connectivity index (χ4v) is 2.62. The summed E-state index contributed by atoms with van der Waals surface area (Å²) in [5.74, 6) is 0.526.